The van der Waals surface area contributed by atoms with Gasteiger partial charge in [0.05, 0.1) is 6.54 Å². The molecule has 5 heteroatoms. The third-order valence-electron chi connectivity index (χ3n) is 3.34. The average Bonchev–Trinajstić information content (AvgIpc) is 2.68. The Morgan fingerprint density at radius 2 is 2.38 bits per heavy atom. The van der Waals surface area contributed by atoms with Crippen LogP contribution < -0.4 is 5.32 Å². The summed E-state index contributed by atoms with van der Waals surface area (Å²) in [5.74, 6) is 1.06. The van der Waals surface area contributed by atoms with Crippen molar-refractivity contribution in [2.45, 2.75) is 31.8 Å². The van der Waals surface area contributed by atoms with Crippen LogP contribution >= 0.6 is 0 Å². The van der Waals surface area contributed by atoms with Gasteiger partial charge in [-0.1, -0.05) is 6.42 Å². The van der Waals surface area contributed by atoms with E-state index in [9.17, 15) is 0 Å². The number of hydrogen-bond donors (Lipinski definition) is 1. The fourth-order valence-electron chi connectivity index (χ4n) is 2.37. The molecule has 1 aromatic heterocycles. The maximum Gasteiger partial charge on any atom is 0.146 e. The lowest BCUT2D eigenvalue weighted by atomic mass is 10.0. The minimum Gasteiger partial charge on any atom is -0.320 e. The van der Waals surface area contributed by atoms with Crippen molar-refractivity contribution in [2.75, 3.05) is 20.1 Å². The Bertz CT molecular complexity index is 320. The molecule has 1 fully saturated rings. The van der Waals surface area contributed by atoms with Crippen molar-refractivity contribution in [3.63, 3.8) is 0 Å². The molecule has 1 aliphatic heterocycles. The van der Waals surface area contributed by atoms with Gasteiger partial charge in [-0.2, -0.15) is 0 Å². The lowest BCUT2D eigenvalue weighted by molar-refractivity contribution is 0.134. The smallest absolute Gasteiger partial charge is 0.146 e. The number of rotatable bonds is 4. The molecule has 0 amide bonds. The minimum absolute atomic E-state index is 0.649. The molecule has 16 heavy (non-hydrogen) atoms. The van der Waals surface area contributed by atoms with E-state index in [2.05, 4.69) is 20.4 Å². The molecule has 0 spiro atoms. The molecule has 0 aromatic carbocycles. The van der Waals surface area contributed by atoms with Gasteiger partial charge in [0.25, 0.3) is 0 Å². The SMILES string of the molecule is CNCC1CCCCN1Cc1nncn1C. The first kappa shape index (κ1) is 11.5. The molecule has 1 atom stereocenters. The maximum atomic E-state index is 4.16. The molecule has 1 saturated heterocycles. The van der Waals surface area contributed by atoms with E-state index in [0.29, 0.717) is 6.04 Å². The van der Waals surface area contributed by atoms with Crippen LogP contribution in [-0.2, 0) is 13.6 Å². The summed E-state index contributed by atoms with van der Waals surface area (Å²) in [7, 11) is 4.03. The van der Waals surface area contributed by atoms with E-state index in [1.807, 2.05) is 18.7 Å². The third kappa shape index (κ3) is 2.59. The zero-order valence-electron chi connectivity index (χ0n) is 10.2. The first-order valence-electron chi connectivity index (χ1n) is 6.03. The summed E-state index contributed by atoms with van der Waals surface area (Å²) in [4.78, 5) is 2.52. The van der Waals surface area contributed by atoms with Crippen LogP contribution in [0.5, 0.6) is 0 Å². The molecule has 2 rings (SSSR count). The van der Waals surface area contributed by atoms with Crippen LogP contribution in [0.15, 0.2) is 6.33 Å². The van der Waals surface area contributed by atoms with Crippen LogP contribution in [0.1, 0.15) is 25.1 Å². The van der Waals surface area contributed by atoms with Crippen molar-refractivity contribution in [2.24, 2.45) is 7.05 Å². The lowest BCUT2D eigenvalue weighted by Gasteiger charge is -2.35. The van der Waals surface area contributed by atoms with Crippen molar-refractivity contribution in [1.29, 1.82) is 0 Å². The highest BCUT2D eigenvalue weighted by Gasteiger charge is 2.22. The van der Waals surface area contributed by atoms with E-state index in [1.54, 1.807) is 6.33 Å². The number of aromatic nitrogens is 3. The second-order valence-electron chi connectivity index (χ2n) is 4.54. The average molecular weight is 223 g/mol. The van der Waals surface area contributed by atoms with Gasteiger partial charge in [0, 0.05) is 19.6 Å². The van der Waals surface area contributed by atoms with E-state index in [0.717, 1.165) is 18.9 Å². The number of nitrogens with one attached hydrogen (secondary N) is 1. The van der Waals surface area contributed by atoms with E-state index in [1.165, 1.54) is 25.8 Å². The molecule has 90 valence electrons. The van der Waals surface area contributed by atoms with Crippen molar-refractivity contribution in [3.8, 4) is 0 Å². The van der Waals surface area contributed by atoms with Gasteiger partial charge in [-0.3, -0.25) is 4.90 Å². The highest BCUT2D eigenvalue weighted by molar-refractivity contribution is 4.88. The van der Waals surface area contributed by atoms with E-state index in [4.69, 9.17) is 0 Å². The largest absolute Gasteiger partial charge is 0.320 e. The van der Waals surface area contributed by atoms with Crippen molar-refractivity contribution in [3.05, 3.63) is 12.2 Å². The Morgan fingerprint density at radius 3 is 3.06 bits per heavy atom. The Kier molecular flexibility index (Phi) is 3.90. The van der Waals surface area contributed by atoms with Gasteiger partial charge in [0.15, 0.2) is 0 Å². The molecule has 1 unspecified atom stereocenters. The molecule has 0 bridgehead atoms. The van der Waals surface area contributed by atoms with Gasteiger partial charge >= 0.3 is 0 Å². The van der Waals surface area contributed by atoms with Crippen molar-refractivity contribution < 1.29 is 0 Å². The Labute approximate surface area is 96.8 Å². The third-order valence-corrected chi connectivity index (χ3v) is 3.34. The van der Waals surface area contributed by atoms with Crippen LogP contribution in [0.2, 0.25) is 0 Å². The molecule has 1 aromatic rings. The van der Waals surface area contributed by atoms with Crippen molar-refractivity contribution in [1.82, 2.24) is 25.0 Å². The Morgan fingerprint density at radius 1 is 1.50 bits per heavy atom. The summed E-state index contributed by atoms with van der Waals surface area (Å²) in [6.07, 6.45) is 5.71. The zero-order valence-corrected chi connectivity index (χ0v) is 10.2. The lowest BCUT2D eigenvalue weighted by Crippen LogP contribution is -2.44. The number of aryl methyl sites for hydroxylation is 1. The summed E-state index contributed by atoms with van der Waals surface area (Å²) in [6.45, 7) is 3.17. The predicted molar refractivity (Wildman–Crippen MR) is 63.0 cm³/mol. The number of likely N-dealkylation sites (tertiary alicyclic amines) is 1. The highest BCUT2D eigenvalue weighted by Crippen LogP contribution is 2.18. The normalized spacial score (nSPS) is 22.5. The van der Waals surface area contributed by atoms with E-state index >= 15 is 0 Å². The number of piperidine rings is 1. The topological polar surface area (TPSA) is 46.0 Å². The fourth-order valence-corrected chi connectivity index (χ4v) is 2.37. The van der Waals surface area contributed by atoms with Crippen LogP contribution in [0.4, 0.5) is 0 Å². The van der Waals surface area contributed by atoms with Gasteiger partial charge < -0.3 is 9.88 Å². The summed E-state index contributed by atoms with van der Waals surface area (Å²) >= 11 is 0. The quantitative estimate of drug-likeness (QED) is 0.802. The minimum atomic E-state index is 0.649. The van der Waals surface area contributed by atoms with Gasteiger partial charge in [0.2, 0.25) is 0 Å². The highest BCUT2D eigenvalue weighted by atomic mass is 15.3. The zero-order chi connectivity index (χ0) is 11.4. The Balaban J connectivity index is 1.98. The second-order valence-corrected chi connectivity index (χ2v) is 4.54. The molecule has 0 radical (unpaired) electrons. The van der Waals surface area contributed by atoms with Crippen LogP contribution in [0.25, 0.3) is 0 Å². The second kappa shape index (κ2) is 5.41. The number of likely N-dealkylation sites (N-methyl/N-ethyl adjacent to an activating group) is 1. The molecule has 1 aliphatic rings. The standard InChI is InChI=1S/C11H21N5/c1-12-7-10-5-3-4-6-16(10)8-11-14-13-9-15(11)2/h9-10,12H,3-8H2,1-2H3. The predicted octanol–water partition coefficient (Wildman–Crippen LogP) is 0.389. The molecule has 2 heterocycles. The first-order chi connectivity index (χ1) is 7.81. The van der Waals surface area contributed by atoms with Gasteiger partial charge in [-0.05, 0) is 26.4 Å². The number of hydrogen-bond acceptors (Lipinski definition) is 4. The molecule has 1 N–H and O–H groups in total. The molecule has 0 saturated carbocycles. The monoisotopic (exact) mass is 223 g/mol. The van der Waals surface area contributed by atoms with Crippen LogP contribution in [-0.4, -0.2) is 45.8 Å². The van der Waals surface area contributed by atoms with Gasteiger partial charge in [0.1, 0.15) is 12.2 Å². The van der Waals surface area contributed by atoms with Crippen LogP contribution in [0, 0.1) is 0 Å². The Hall–Kier alpha value is -0.940. The van der Waals surface area contributed by atoms with Gasteiger partial charge in [-0.15, -0.1) is 10.2 Å². The molecular weight excluding hydrogens is 202 g/mol. The summed E-state index contributed by atoms with van der Waals surface area (Å²) in [5, 5.41) is 11.4. The summed E-state index contributed by atoms with van der Waals surface area (Å²) in [6, 6.07) is 0.649. The first-order valence-corrected chi connectivity index (χ1v) is 6.03. The molecular formula is C11H21N5. The summed E-state index contributed by atoms with van der Waals surface area (Å²) in [5.41, 5.74) is 0. The van der Waals surface area contributed by atoms with E-state index in [-0.39, 0.29) is 0 Å². The van der Waals surface area contributed by atoms with Crippen molar-refractivity contribution >= 4 is 0 Å². The van der Waals surface area contributed by atoms with Gasteiger partial charge in [-0.25, -0.2) is 0 Å². The number of nitrogens with zero attached hydrogens (tertiary/aromatic N) is 4. The van der Waals surface area contributed by atoms with Crippen LogP contribution in [0.3, 0.4) is 0 Å². The molecule has 5 nitrogen and oxygen atoms in total. The molecule has 0 aliphatic carbocycles. The summed E-state index contributed by atoms with van der Waals surface area (Å²) < 4.78 is 2.00. The fraction of sp³-hybridized carbons (Fsp3) is 0.818. The van der Waals surface area contributed by atoms with E-state index < -0.39 is 0 Å². The maximum absolute atomic E-state index is 4.16.